The number of hydrogen-bond donors (Lipinski definition) is 0. The average Bonchev–Trinajstić information content (AvgIpc) is 2.78. The van der Waals surface area contributed by atoms with Crippen molar-refractivity contribution < 1.29 is 23.9 Å². The minimum atomic E-state index is -0.605. The quantitative estimate of drug-likeness (QED) is 0.752. The van der Waals surface area contributed by atoms with Gasteiger partial charge in [-0.2, -0.15) is 0 Å². The molecule has 2 aliphatic heterocycles. The Labute approximate surface area is 159 Å². The second kappa shape index (κ2) is 8.41. The van der Waals surface area contributed by atoms with E-state index in [9.17, 15) is 14.4 Å². The lowest BCUT2D eigenvalue weighted by molar-refractivity contribution is -0.152. The van der Waals surface area contributed by atoms with Crippen LogP contribution in [0.1, 0.15) is 26.7 Å². The first-order valence-corrected chi connectivity index (χ1v) is 9.39. The van der Waals surface area contributed by atoms with E-state index < -0.39 is 5.97 Å². The van der Waals surface area contributed by atoms with Crippen molar-refractivity contribution >= 4 is 23.5 Å². The number of fused-ring (bicyclic) bond motifs is 1. The maximum absolute atomic E-state index is 12.4. The van der Waals surface area contributed by atoms with Crippen LogP contribution in [0, 0.1) is 11.8 Å². The van der Waals surface area contributed by atoms with Gasteiger partial charge in [-0.25, -0.2) is 0 Å². The molecule has 2 heterocycles. The van der Waals surface area contributed by atoms with Crippen LogP contribution in [-0.4, -0.2) is 55.5 Å². The molecule has 7 heteroatoms. The number of anilines is 1. The second-order valence-electron chi connectivity index (χ2n) is 7.45. The van der Waals surface area contributed by atoms with Crippen LogP contribution >= 0.6 is 0 Å². The summed E-state index contributed by atoms with van der Waals surface area (Å²) in [5.41, 5.74) is 0.543. The molecule has 1 fully saturated rings. The number of piperidine rings is 1. The molecular weight excluding hydrogens is 348 g/mol. The van der Waals surface area contributed by atoms with E-state index in [4.69, 9.17) is 9.47 Å². The topological polar surface area (TPSA) is 76.2 Å². The smallest absolute Gasteiger partial charge is 0.326 e. The van der Waals surface area contributed by atoms with Crippen molar-refractivity contribution in [2.75, 3.05) is 37.7 Å². The lowest BCUT2D eigenvalue weighted by Gasteiger charge is -2.34. The molecule has 2 amide bonds. The van der Waals surface area contributed by atoms with Crippen LogP contribution in [0.5, 0.6) is 5.75 Å². The predicted octanol–water partition coefficient (Wildman–Crippen LogP) is 1.85. The van der Waals surface area contributed by atoms with Gasteiger partial charge in [-0.15, -0.1) is 0 Å². The zero-order chi connectivity index (χ0) is 19.4. The van der Waals surface area contributed by atoms with Crippen LogP contribution in [0.4, 0.5) is 5.69 Å². The number of amides is 2. The monoisotopic (exact) mass is 374 g/mol. The summed E-state index contributed by atoms with van der Waals surface area (Å²) in [4.78, 5) is 40.1. The Bertz CT molecular complexity index is 710. The molecule has 3 rings (SSSR count). The first kappa shape index (κ1) is 19.2. The molecule has 146 valence electrons. The summed E-state index contributed by atoms with van der Waals surface area (Å²) >= 11 is 0. The molecule has 2 aliphatic rings. The van der Waals surface area contributed by atoms with E-state index in [-0.39, 0.29) is 38.0 Å². The number of hydrogen-bond acceptors (Lipinski definition) is 5. The molecule has 0 bridgehead atoms. The number of ether oxygens (including phenoxy) is 2. The maximum atomic E-state index is 12.4. The average molecular weight is 374 g/mol. The molecule has 27 heavy (non-hydrogen) atoms. The van der Waals surface area contributed by atoms with Crippen molar-refractivity contribution in [2.24, 2.45) is 11.8 Å². The summed E-state index contributed by atoms with van der Waals surface area (Å²) in [7, 11) is 0. The maximum Gasteiger partial charge on any atom is 0.326 e. The number of carbonyl (C=O) groups excluding carboxylic acids is 3. The van der Waals surface area contributed by atoms with Crippen molar-refractivity contribution in [3.63, 3.8) is 0 Å². The third-order valence-corrected chi connectivity index (χ3v) is 4.90. The van der Waals surface area contributed by atoms with Crippen LogP contribution in [0.3, 0.4) is 0 Å². The Morgan fingerprint density at radius 1 is 1.19 bits per heavy atom. The number of rotatable bonds is 4. The molecule has 0 aliphatic carbocycles. The summed E-state index contributed by atoms with van der Waals surface area (Å²) in [5, 5.41) is 0. The predicted molar refractivity (Wildman–Crippen MR) is 99.4 cm³/mol. The van der Waals surface area contributed by atoms with E-state index in [0.717, 1.165) is 6.42 Å². The fraction of sp³-hybridized carbons (Fsp3) is 0.550. The summed E-state index contributed by atoms with van der Waals surface area (Å²) in [6.07, 6.45) is 1.28. The number of benzene rings is 1. The summed E-state index contributed by atoms with van der Waals surface area (Å²) < 4.78 is 10.7. The van der Waals surface area contributed by atoms with Crippen LogP contribution in [-0.2, 0) is 19.1 Å². The molecule has 0 N–H and O–H groups in total. The van der Waals surface area contributed by atoms with Crippen molar-refractivity contribution in [2.45, 2.75) is 26.7 Å². The lowest BCUT2D eigenvalue weighted by Crippen LogP contribution is -2.45. The third kappa shape index (κ3) is 4.78. The number of nitrogens with zero attached hydrogens (tertiary/aromatic N) is 2. The van der Waals surface area contributed by atoms with E-state index in [1.165, 1.54) is 4.90 Å². The number of carbonyl (C=O) groups is 3. The van der Waals surface area contributed by atoms with Crippen LogP contribution in [0.15, 0.2) is 24.3 Å². The second-order valence-corrected chi connectivity index (χ2v) is 7.45. The molecule has 1 aromatic rings. The molecule has 0 unspecified atom stereocenters. The van der Waals surface area contributed by atoms with E-state index in [1.807, 2.05) is 6.07 Å². The van der Waals surface area contributed by atoms with Gasteiger partial charge in [0, 0.05) is 13.1 Å². The highest BCUT2D eigenvalue weighted by Gasteiger charge is 2.28. The molecule has 2 atom stereocenters. The Kier molecular flexibility index (Phi) is 5.98. The van der Waals surface area contributed by atoms with Gasteiger partial charge in [-0.1, -0.05) is 26.0 Å². The Morgan fingerprint density at radius 3 is 2.63 bits per heavy atom. The van der Waals surface area contributed by atoms with Gasteiger partial charge in [0.15, 0.2) is 6.61 Å². The van der Waals surface area contributed by atoms with Crippen molar-refractivity contribution in [1.29, 1.82) is 0 Å². The minimum absolute atomic E-state index is 0.185. The summed E-state index contributed by atoms with van der Waals surface area (Å²) in [5.74, 6) is 0.448. The Balaban J connectivity index is 1.57. The van der Waals surface area contributed by atoms with Crippen molar-refractivity contribution in [3.05, 3.63) is 24.3 Å². The highest BCUT2D eigenvalue weighted by atomic mass is 16.5. The number of esters is 1. The Morgan fingerprint density at radius 2 is 1.89 bits per heavy atom. The van der Waals surface area contributed by atoms with Gasteiger partial charge < -0.3 is 14.4 Å². The first-order chi connectivity index (χ1) is 12.9. The van der Waals surface area contributed by atoms with E-state index in [2.05, 4.69) is 13.8 Å². The SMILES string of the molecule is C[C@@H]1C[C@@H](C)CN(C(=O)COC(=O)CN2C(=O)CCOc3ccccc32)C1. The molecule has 7 nitrogen and oxygen atoms in total. The normalized spacial score (nSPS) is 22.5. The van der Waals surface area contributed by atoms with Gasteiger partial charge in [0.25, 0.3) is 5.91 Å². The fourth-order valence-corrected chi connectivity index (χ4v) is 3.77. The summed E-state index contributed by atoms with van der Waals surface area (Å²) in [6, 6.07) is 7.08. The van der Waals surface area contributed by atoms with Gasteiger partial charge in [0.05, 0.1) is 18.7 Å². The highest BCUT2D eigenvalue weighted by Crippen LogP contribution is 2.30. The lowest BCUT2D eigenvalue weighted by atomic mass is 9.92. The van der Waals surface area contributed by atoms with Gasteiger partial charge in [-0.05, 0) is 30.4 Å². The van der Waals surface area contributed by atoms with Gasteiger partial charge in [-0.3, -0.25) is 19.3 Å². The minimum Gasteiger partial charge on any atom is -0.491 e. The number of likely N-dealkylation sites (tertiary alicyclic amines) is 1. The van der Waals surface area contributed by atoms with Gasteiger partial charge in [0.2, 0.25) is 5.91 Å². The van der Waals surface area contributed by atoms with Crippen LogP contribution in [0.2, 0.25) is 0 Å². The molecular formula is C20H26N2O5. The molecule has 0 saturated carbocycles. The van der Waals surface area contributed by atoms with Gasteiger partial charge in [0.1, 0.15) is 12.3 Å². The zero-order valence-electron chi connectivity index (χ0n) is 15.8. The fourth-order valence-electron chi connectivity index (χ4n) is 3.77. The number of para-hydroxylation sites is 2. The first-order valence-electron chi connectivity index (χ1n) is 9.39. The Hall–Kier alpha value is -2.57. The third-order valence-electron chi connectivity index (χ3n) is 4.90. The van der Waals surface area contributed by atoms with Crippen LogP contribution < -0.4 is 9.64 Å². The van der Waals surface area contributed by atoms with Gasteiger partial charge >= 0.3 is 5.97 Å². The standard InChI is InChI=1S/C20H26N2O5/c1-14-9-15(2)11-21(10-14)19(24)13-27-20(25)12-22-16-5-3-4-6-17(16)26-8-7-18(22)23/h3-6,14-15H,7-13H2,1-2H3/t14-,15-/m1/s1. The van der Waals surface area contributed by atoms with E-state index in [1.54, 1.807) is 23.1 Å². The molecule has 0 radical (unpaired) electrons. The van der Waals surface area contributed by atoms with E-state index in [0.29, 0.717) is 36.4 Å². The molecule has 0 aromatic heterocycles. The summed E-state index contributed by atoms with van der Waals surface area (Å²) in [6.45, 7) is 5.36. The molecule has 1 saturated heterocycles. The zero-order valence-corrected chi connectivity index (χ0v) is 15.8. The van der Waals surface area contributed by atoms with Crippen molar-refractivity contribution in [3.8, 4) is 5.75 Å². The largest absolute Gasteiger partial charge is 0.491 e. The molecule has 1 aromatic carbocycles. The van der Waals surface area contributed by atoms with Crippen molar-refractivity contribution in [1.82, 2.24) is 4.90 Å². The highest BCUT2D eigenvalue weighted by molar-refractivity contribution is 5.99. The molecule has 0 spiro atoms. The van der Waals surface area contributed by atoms with E-state index >= 15 is 0 Å². The van der Waals surface area contributed by atoms with Crippen LogP contribution in [0.25, 0.3) is 0 Å².